The largest absolute Gasteiger partial charge is 0.492 e. The van der Waals surface area contributed by atoms with E-state index in [9.17, 15) is 13.2 Å². The summed E-state index contributed by atoms with van der Waals surface area (Å²) < 4.78 is 42.9. The summed E-state index contributed by atoms with van der Waals surface area (Å²) in [5.74, 6) is 1.15. The summed E-state index contributed by atoms with van der Waals surface area (Å²) in [7, 11) is -2.50. The van der Waals surface area contributed by atoms with Gasteiger partial charge in [0.05, 0.1) is 13.7 Å². The molecule has 0 radical (unpaired) electrons. The van der Waals surface area contributed by atoms with E-state index in [-0.39, 0.29) is 16.6 Å². The van der Waals surface area contributed by atoms with Gasteiger partial charge in [0.2, 0.25) is 0 Å². The Bertz CT molecular complexity index is 980. The third-order valence-electron chi connectivity index (χ3n) is 5.17. The number of aldehydes is 1. The van der Waals surface area contributed by atoms with E-state index in [0.29, 0.717) is 36.5 Å². The molecule has 170 valence electrons. The molecule has 0 aromatic heterocycles. The van der Waals surface area contributed by atoms with Crippen LogP contribution in [0.15, 0.2) is 35.2 Å². The monoisotopic (exact) mass is 448 g/mol. The predicted octanol–water partition coefficient (Wildman–Crippen LogP) is 5.34. The number of hydrogen-bond acceptors (Lipinski definition) is 6. The van der Waals surface area contributed by atoms with E-state index in [2.05, 4.69) is 6.92 Å². The van der Waals surface area contributed by atoms with Crippen LogP contribution in [0.2, 0.25) is 0 Å². The molecule has 31 heavy (non-hydrogen) atoms. The van der Waals surface area contributed by atoms with Gasteiger partial charge in [-0.25, -0.2) is 0 Å². The lowest BCUT2D eigenvalue weighted by Gasteiger charge is -2.22. The zero-order chi connectivity index (χ0) is 23.0. The molecule has 0 fully saturated rings. The van der Waals surface area contributed by atoms with Crippen molar-refractivity contribution in [1.29, 1.82) is 0 Å². The highest BCUT2D eigenvalue weighted by atomic mass is 32.2. The van der Waals surface area contributed by atoms with Crippen LogP contribution >= 0.6 is 0 Å². The van der Waals surface area contributed by atoms with Crippen LogP contribution in [-0.2, 0) is 14.9 Å². The molecule has 6 nitrogen and oxygen atoms in total. The molecule has 0 heterocycles. The van der Waals surface area contributed by atoms with Gasteiger partial charge in [0.1, 0.15) is 16.9 Å². The van der Waals surface area contributed by atoms with Gasteiger partial charge in [-0.3, -0.25) is 0 Å². The average Bonchev–Trinajstić information content (AvgIpc) is 2.74. The van der Waals surface area contributed by atoms with E-state index in [4.69, 9.17) is 13.7 Å². The van der Waals surface area contributed by atoms with Gasteiger partial charge >= 0.3 is 10.1 Å². The number of methoxy groups -OCH3 is 1. The maximum absolute atomic E-state index is 12.9. The van der Waals surface area contributed by atoms with E-state index in [1.54, 1.807) is 25.1 Å². The summed E-state index contributed by atoms with van der Waals surface area (Å²) in [6, 6.07) is 8.18. The van der Waals surface area contributed by atoms with Crippen LogP contribution in [0.5, 0.6) is 17.2 Å². The molecule has 0 aliphatic rings. The lowest BCUT2D eigenvalue weighted by molar-refractivity contribution is -0.108. The zero-order valence-corrected chi connectivity index (χ0v) is 19.8. The first-order valence-corrected chi connectivity index (χ1v) is 11.9. The van der Waals surface area contributed by atoms with Crippen LogP contribution in [0, 0.1) is 13.8 Å². The summed E-state index contributed by atoms with van der Waals surface area (Å²) in [5.41, 5.74) is 2.25. The van der Waals surface area contributed by atoms with Crippen molar-refractivity contribution in [3.63, 3.8) is 0 Å². The maximum atomic E-state index is 12.9. The summed E-state index contributed by atoms with van der Waals surface area (Å²) in [5, 5.41) is 0. The van der Waals surface area contributed by atoms with Crippen LogP contribution in [0.25, 0.3) is 0 Å². The molecule has 0 spiro atoms. The second-order valence-electron chi connectivity index (χ2n) is 7.65. The second kappa shape index (κ2) is 11.2. The molecular weight excluding hydrogens is 416 g/mol. The fourth-order valence-electron chi connectivity index (χ4n) is 3.24. The Labute approximate surface area is 185 Å². The highest BCUT2D eigenvalue weighted by Gasteiger charge is 2.25. The Balaban J connectivity index is 2.53. The van der Waals surface area contributed by atoms with Crippen molar-refractivity contribution in [3.05, 3.63) is 47.0 Å². The van der Waals surface area contributed by atoms with Gasteiger partial charge in [-0.2, -0.15) is 8.42 Å². The molecule has 0 aliphatic heterocycles. The molecule has 0 saturated carbocycles. The fourth-order valence-corrected chi connectivity index (χ4v) is 4.21. The van der Waals surface area contributed by atoms with E-state index in [1.165, 1.54) is 19.2 Å². The summed E-state index contributed by atoms with van der Waals surface area (Å²) >= 11 is 0. The summed E-state index contributed by atoms with van der Waals surface area (Å²) in [6.45, 7) is 8.19. The van der Waals surface area contributed by atoms with Crippen molar-refractivity contribution in [2.45, 2.75) is 64.2 Å². The molecule has 0 saturated heterocycles. The normalized spacial score (nSPS) is 12.3. The number of carbonyl (C=O) groups excluding carboxylic acids is 1. The third kappa shape index (κ3) is 6.23. The second-order valence-corrected chi connectivity index (χ2v) is 9.20. The van der Waals surface area contributed by atoms with Crippen molar-refractivity contribution in [2.24, 2.45) is 0 Å². The van der Waals surface area contributed by atoms with Crippen LogP contribution < -0.4 is 13.7 Å². The minimum atomic E-state index is -4.02. The van der Waals surface area contributed by atoms with Gasteiger partial charge in [-0.05, 0) is 50.8 Å². The fraction of sp³-hybridized carbons (Fsp3) is 0.458. The van der Waals surface area contributed by atoms with Gasteiger partial charge in [0, 0.05) is 17.5 Å². The highest BCUT2D eigenvalue weighted by molar-refractivity contribution is 7.87. The molecule has 2 rings (SSSR count). The van der Waals surface area contributed by atoms with E-state index in [1.807, 2.05) is 13.8 Å². The molecule has 1 unspecified atom stereocenters. The number of unbranched alkanes of at least 4 members (excludes halogenated alkanes) is 1. The van der Waals surface area contributed by atoms with Gasteiger partial charge < -0.3 is 18.5 Å². The van der Waals surface area contributed by atoms with Crippen molar-refractivity contribution < 1.29 is 26.9 Å². The lowest BCUT2D eigenvalue weighted by atomic mass is 9.93. The highest BCUT2D eigenvalue weighted by Crippen LogP contribution is 2.45. The lowest BCUT2D eigenvalue weighted by Crippen LogP contribution is -2.13. The Hall–Kier alpha value is -2.54. The molecule has 7 heteroatoms. The molecule has 1 atom stereocenters. The number of aryl methyl sites for hydroxylation is 1. The maximum Gasteiger partial charge on any atom is 0.339 e. The van der Waals surface area contributed by atoms with E-state index >= 15 is 0 Å². The number of ether oxygens (including phenoxy) is 2. The van der Waals surface area contributed by atoms with Gasteiger partial charge in [0.15, 0.2) is 11.5 Å². The average molecular weight is 449 g/mol. The topological polar surface area (TPSA) is 78.9 Å². The Morgan fingerprint density at radius 2 is 1.77 bits per heavy atom. The zero-order valence-electron chi connectivity index (χ0n) is 18.9. The molecule has 0 aliphatic carbocycles. The third-order valence-corrected chi connectivity index (χ3v) is 6.42. The number of carbonyl (C=O) groups is 1. The number of benzene rings is 2. The quantitative estimate of drug-likeness (QED) is 0.248. The van der Waals surface area contributed by atoms with Crippen LogP contribution in [0.4, 0.5) is 0 Å². The van der Waals surface area contributed by atoms with Crippen molar-refractivity contribution in [2.75, 3.05) is 13.7 Å². The standard InChI is InChI=1S/C24H32O6S/c1-6-7-15-29-24-21(18(3)9-8-14-25)16-22(19(4)23(24)28-5)30-31(26,27)20-12-10-17(2)11-13-20/h10-14,16,18H,6-9,15H2,1-5H3. The van der Waals surface area contributed by atoms with E-state index in [0.717, 1.165) is 30.3 Å². The van der Waals surface area contributed by atoms with Gasteiger partial charge in [-0.1, -0.05) is 38.0 Å². The van der Waals surface area contributed by atoms with Gasteiger partial charge in [0.25, 0.3) is 0 Å². The smallest absolute Gasteiger partial charge is 0.339 e. The first-order chi connectivity index (χ1) is 14.7. The Morgan fingerprint density at radius 3 is 2.35 bits per heavy atom. The Kier molecular flexibility index (Phi) is 8.92. The summed E-state index contributed by atoms with van der Waals surface area (Å²) in [4.78, 5) is 11.0. The van der Waals surface area contributed by atoms with Crippen LogP contribution in [0.1, 0.15) is 62.1 Å². The van der Waals surface area contributed by atoms with Crippen molar-refractivity contribution in [3.8, 4) is 17.2 Å². The number of hydrogen-bond donors (Lipinski definition) is 0. The molecule has 0 bridgehead atoms. The minimum Gasteiger partial charge on any atom is -0.492 e. The summed E-state index contributed by atoms with van der Waals surface area (Å²) in [6.07, 6.45) is 3.73. The molecular formula is C24H32O6S. The van der Waals surface area contributed by atoms with Crippen LogP contribution in [-0.4, -0.2) is 28.4 Å². The SMILES string of the molecule is CCCCOc1c(C(C)CCC=O)cc(OS(=O)(=O)c2ccc(C)cc2)c(C)c1OC. The van der Waals surface area contributed by atoms with Crippen molar-refractivity contribution in [1.82, 2.24) is 0 Å². The Morgan fingerprint density at radius 1 is 1.10 bits per heavy atom. The molecule has 0 N–H and O–H groups in total. The van der Waals surface area contributed by atoms with Crippen molar-refractivity contribution >= 4 is 16.4 Å². The molecule has 0 amide bonds. The predicted molar refractivity (Wildman–Crippen MR) is 121 cm³/mol. The first kappa shape index (κ1) is 24.7. The van der Waals surface area contributed by atoms with E-state index < -0.39 is 10.1 Å². The molecule has 2 aromatic carbocycles. The number of rotatable bonds is 12. The van der Waals surface area contributed by atoms with Gasteiger partial charge in [-0.15, -0.1) is 0 Å². The minimum absolute atomic E-state index is 0.0549. The first-order valence-electron chi connectivity index (χ1n) is 10.5. The molecule has 2 aromatic rings. The van der Waals surface area contributed by atoms with Crippen LogP contribution in [0.3, 0.4) is 0 Å².